The van der Waals surface area contributed by atoms with E-state index in [4.69, 9.17) is 11.6 Å². The number of hydrogen-bond acceptors (Lipinski definition) is 7. The summed E-state index contributed by atoms with van der Waals surface area (Å²) in [6, 6.07) is 7.08. The summed E-state index contributed by atoms with van der Waals surface area (Å²) in [6.45, 7) is 0.283. The van der Waals surface area contributed by atoms with Crippen LogP contribution in [0.15, 0.2) is 24.3 Å². The monoisotopic (exact) mass is 336 g/mol. The topological polar surface area (TPSA) is 77.4 Å². The summed E-state index contributed by atoms with van der Waals surface area (Å²) in [5, 5.41) is 13.9. The molecule has 0 spiro atoms. The molecule has 0 bridgehead atoms. The molecule has 1 heterocycles. The van der Waals surface area contributed by atoms with Crippen molar-refractivity contribution >= 4 is 29.4 Å². The van der Waals surface area contributed by atoms with Gasteiger partial charge in [-0.3, -0.25) is 0 Å². The summed E-state index contributed by atoms with van der Waals surface area (Å²) in [7, 11) is 7.45. The van der Waals surface area contributed by atoms with Crippen molar-refractivity contribution < 1.29 is 5.11 Å². The van der Waals surface area contributed by atoms with Crippen molar-refractivity contribution in [2.24, 2.45) is 0 Å². The van der Waals surface area contributed by atoms with E-state index < -0.39 is 6.10 Å². The lowest BCUT2D eigenvalue weighted by Crippen LogP contribution is -2.21. The number of aliphatic hydroxyl groups excluding tert-OH is 1. The zero-order valence-corrected chi connectivity index (χ0v) is 14.4. The number of nitrogens with zero attached hydrogens (tertiary/aromatic N) is 5. The van der Waals surface area contributed by atoms with E-state index in [-0.39, 0.29) is 6.54 Å². The van der Waals surface area contributed by atoms with Crippen LogP contribution in [0, 0.1) is 0 Å². The van der Waals surface area contributed by atoms with Crippen LogP contribution in [0.1, 0.15) is 11.7 Å². The van der Waals surface area contributed by atoms with Crippen molar-refractivity contribution in [3.05, 3.63) is 34.9 Å². The fourth-order valence-electron chi connectivity index (χ4n) is 1.82. The standard InChI is InChI=1S/C15H21ClN6O/c1-21(2)14-18-13(19-15(20-14)22(3)4)17-9-12(23)10-5-7-11(16)8-6-10/h5-8,12,23H,9H2,1-4H3,(H,17,18,19,20)/t12-/m0/s1. The van der Waals surface area contributed by atoms with Crippen molar-refractivity contribution in [2.75, 3.05) is 49.9 Å². The Bertz CT molecular complexity index is 621. The molecule has 0 saturated heterocycles. The first-order valence-electron chi connectivity index (χ1n) is 7.15. The molecule has 0 unspecified atom stereocenters. The Hall–Kier alpha value is -2.12. The van der Waals surface area contributed by atoms with Gasteiger partial charge in [-0.25, -0.2) is 0 Å². The molecule has 0 fully saturated rings. The largest absolute Gasteiger partial charge is 0.387 e. The highest BCUT2D eigenvalue weighted by Crippen LogP contribution is 2.18. The molecule has 0 radical (unpaired) electrons. The minimum Gasteiger partial charge on any atom is -0.387 e. The van der Waals surface area contributed by atoms with E-state index in [0.717, 1.165) is 5.56 Å². The van der Waals surface area contributed by atoms with Crippen LogP contribution >= 0.6 is 11.6 Å². The summed E-state index contributed by atoms with van der Waals surface area (Å²) in [4.78, 5) is 16.6. The SMILES string of the molecule is CN(C)c1nc(NC[C@H](O)c2ccc(Cl)cc2)nc(N(C)C)n1. The van der Waals surface area contributed by atoms with Crippen LogP contribution in [0.5, 0.6) is 0 Å². The molecule has 0 aliphatic heterocycles. The van der Waals surface area contributed by atoms with Gasteiger partial charge in [0.15, 0.2) is 0 Å². The summed E-state index contributed by atoms with van der Waals surface area (Å²) in [6.07, 6.45) is -0.686. The van der Waals surface area contributed by atoms with Gasteiger partial charge >= 0.3 is 0 Å². The van der Waals surface area contributed by atoms with E-state index in [9.17, 15) is 5.11 Å². The van der Waals surface area contributed by atoms with Gasteiger partial charge in [-0.2, -0.15) is 15.0 Å². The molecule has 2 rings (SSSR count). The van der Waals surface area contributed by atoms with Crippen molar-refractivity contribution in [3.8, 4) is 0 Å². The van der Waals surface area contributed by atoms with Gasteiger partial charge in [0, 0.05) is 39.8 Å². The average Bonchev–Trinajstić information content (AvgIpc) is 2.52. The lowest BCUT2D eigenvalue weighted by atomic mass is 10.1. The second kappa shape index (κ2) is 7.43. The second-order valence-corrected chi connectivity index (χ2v) is 5.93. The molecule has 1 atom stereocenters. The molecule has 0 saturated carbocycles. The van der Waals surface area contributed by atoms with E-state index in [1.165, 1.54) is 0 Å². The van der Waals surface area contributed by atoms with Gasteiger partial charge < -0.3 is 20.2 Å². The highest BCUT2D eigenvalue weighted by molar-refractivity contribution is 6.30. The molecular weight excluding hydrogens is 316 g/mol. The highest BCUT2D eigenvalue weighted by atomic mass is 35.5. The first-order valence-corrected chi connectivity index (χ1v) is 7.52. The normalized spacial score (nSPS) is 11.9. The first-order chi connectivity index (χ1) is 10.9. The Morgan fingerprint density at radius 1 is 1.00 bits per heavy atom. The molecule has 2 N–H and O–H groups in total. The van der Waals surface area contributed by atoms with Crippen LogP contribution in [0.3, 0.4) is 0 Å². The minimum absolute atomic E-state index is 0.283. The van der Waals surface area contributed by atoms with Gasteiger partial charge in [-0.15, -0.1) is 0 Å². The summed E-state index contributed by atoms with van der Waals surface area (Å²) < 4.78 is 0. The Kier molecular flexibility index (Phi) is 5.57. The van der Waals surface area contributed by atoms with Gasteiger partial charge in [0.05, 0.1) is 6.10 Å². The maximum Gasteiger partial charge on any atom is 0.231 e. The maximum atomic E-state index is 10.2. The lowest BCUT2D eigenvalue weighted by Gasteiger charge is -2.17. The Morgan fingerprint density at radius 2 is 1.52 bits per heavy atom. The number of halogens is 1. The molecule has 23 heavy (non-hydrogen) atoms. The smallest absolute Gasteiger partial charge is 0.231 e. The number of hydrogen-bond donors (Lipinski definition) is 2. The zero-order valence-electron chi connectivity index (χ0n) is 13.7. The van der Waals surface area contributed by atoms with Gasteiger partial charge in [0.1, 0.15) is 0 Å². The molecule has 1 aromatic heterocycles. The van der Waals surface area contributed by atoms with Crippen LogP contribution in [-0.4, -0.2) is 54.8 Å². The van der Waals surface area contributed by atoms with Crippen molar-refractivity contribution in [1.29, 1.82) is 0 Å². The maximum absolute atomic E-state index is 10.2. The highest BCUT2D eigenvalue weighted by Gasteiger charge is 2.12. The fourth-order valence-corrected chi connectivity index (χ4v) is 1.95. The third-order valence-corrected chi connectivity index (χ3v) is 3.37. The number of nitrogens with one attached hydrogen (secondary N) is 1. The lowest BCUT2D eigenvalue weighted by molar-refractivity contribution is 0.191. The van der Waals surface area contributed by atoms with Crippen molar-refractivity contribution in [3.63, 3.8) is 0 Å². The van der Waals surface area contributed by atoms with Crippen LogP contribution in [0.4, 0.5) is 17.8 Å². The predicted molar refractivity (Wildman–Crippen MR) is 93.4 cm³/mol. The van der Waals surface area contributed by atoms with E-state index in [2.05, 4.69) is 20.3 Å². The quantitative estimate of drug-likeness (QED) is 0.832. The molecule has 124 valence electrons. The van der Waals surface area contributed by atoms with Gasteiger partial charge in [0.25, 0.3) is 0 Å². The van der Waals surface area contributed by atoms with Gasteiger partial charge in [-0.1, -0.05) is 23.7 Å². The molecule has 2 aromatic rings. The summed E-state index contributed by atoms with van der Waals surface area (Å²) >= 11 is 5.85. The predicted octanol–water partition coefficient (Wildman–Crippen LogP) is 1.80. The van der Waals surface area contributed by atoms with E-state index in [0.29, 0.717) is 22.9 Å². The molecule has 7 nitrogen and oxygen atoms in total. The second-order valence-electron chi connectivity index (χ2n) is 5.50. The van der Waals surface area contributed by atoms with Gasteiger partial charge in [-0.05, 0) is 17.7 Å². The van der Waals surface area contributed by atoms with E-state index in [1.807, 2.05) is 28.2 Å². The molecule has 0 amide bonds. The first kappa shape index (κ1) is 17.2. The van der Waals surface area contributed by atoms with Crippen LogP contribution in [0.25, 0.3) is 0 Å². The minimum atomic E-state index is -0.686. The third kappa shape index (κ3) is 4.67. The number of rotatable bonds is 6. The number of aliphatic hydroxyl groups is 1. The Balaban J connectivity index is 2.11. The van der Waals surface area contributed by atoms with Crippen LogP contribution in [-0.2, 0) is 0 Å². The van der Waals surface area contributed by atoms with Crippen molar-refractivity contribution in [1.82, 2.24) is 15.0 Å². The molecule has 8 heteroatoms. The third-order valence-electron chi connectivity index (χ3n) is 3.12. The Morgan fingerprint density at radius 3 is 2.00 bits per heavy atom. The van der Waals surface area contributed by atoms with E-state index >= 15 is 0 Å². The van der Waals surface area contributed by atoms with Crippen molar-refractivity contribution in [2.45, 2.75) is 6.10 Å². The number of benzene rings is 1. The van der Waals surface area contributed by atoms with Crippen LogP contribution in [0.2, 0.25) is 5.02 Å². The van der Waals surface area contributed by atoms with E-state index in [1.54, 1.807) is 34.1 Å². The molecule has 1 aromatic carbocycles. The van der Waals surface area contributed by atoms with Gasteiger partial charge in [0.2, 0.25) is 17.8 Å². The average molecular weight is 337 g/mol. The fraction of sp³-hybridized carbons (Fsp3) is 0.400. The number of aromatic nitrogens is 3. The van der Waals surface area contributed by atoms with Crippen LogP contribution < -0.4 is 15.1 Å². The zero-order chi connectivity index (χ0) is 17.0. The molecule has 0 aliphatic carbocycles. The summed E-state index contributed by atoms with van der Waals surface area (Å²) in [5.74, 6) is 1.51. The Labute approximate surface area is 141 Å². The molecular formula is C15H21ClN6O. The number of anilines is 3. The summed E-state index contributed by atoms with van der Waals surface area (Å²) in [5.41, 5.74) is 0.775. The molecule has 0 aliphatic rings.